The van der Waals surface area contributed by atoms with E-state index in [1.807, 2.05) is 22.6 Å². The van der Waals surface area contributed by atoms with Gasteiger partial charge in [-0.15, -0.1) is 0 Å². The monoisotopic (exact) mass is 312 g/mol. The quantitative estimate of drug-likeness (QED) is 0.633. The molecule has 2 nitrogen and oxygen atoms in total. The molecule has 0 unspecified atom stereocenters. The van der Waals surface area contributed by atoms with Crippen molar-refractivity contribution in [3.63, 3.8) is 0 Å². The maximum absolute atomic E-state index is 11.8. The second kappa shape index (κ2) is 4.68. The summed E-state index contributed by atoms with van der Waals surface area (Å²) >= 11 is 1.90. The predicted octanol–water partition coefficient (Wildman–Crippen LogP) is 3.10. The van der Waals surface area contributed by atoms with Gasteiger partial charge in [0.15, 0.2) is 5.78 Å². The fourth-order valence-corrected chi connectivity index (χ4v) is 1.82. The van der Waals surface area contributed by atoms with Gasteiger partial charge in [-0.05, 0) is 47.7 Å². The first-order chi connectivity index (χ1) is 6.50. The van der Waals surface area contributed by atoms with Crippen LogP contribution in [0.15, 0.2) is 18.2 Å². The van der Waals surface area contributed by atoms with E-state index in [4.69, 9.17) is 0 Å². The zero-order chi connectivity index (χ0) is 10.7. The standard InChI is InChI=1S/C9H7F2IO2/c1-5(13)7-3-2-6(4-8(7)12)14-9(10)11/h2-4,9H,1H3. The summed E-state index contributed by atoms with van der Waals surface area (Å²) in [7, 11) is 0. The molecule has 0 fully saturated rings. The molecule has 0 radical (unpaired) electrons. The Morgan fingerprint density at radius 1 is 1.50 bits per heavy atom. The van der Waals surface area contributed by atoms with E-state index in [2.05, 4.69) is 4.74 Å². The molecule has 0 atom stereocenters. The van der Waals surface area contributed by atoms with Crippen molar-refractivity contribution in [3.8, 4) is 5.75 Å². The zero-order valence-corrected chi connectivity index (χ0v) is 9.42. The van der Waals surface area contributed by atoms with Gasteiger partial charge < -0.3 is 4.74 Å². The van der Waals surface area contributed by atoms with Crippen molar-refractivity contribution in [3.05, 3.63) is 27.3 Å². The third kappa shape index (κ3) is 2.90. The number of rotatable bonds is 3. The Bertz CT molecular complexity index is 353. The lowest BCUT2D eigenvalue weighted by molar-refractivity contribution is -0.0498. The first-order valence-corrected chi connectivity index (χ1v) is 4.84. The van der Waals surface area contributed by atoms with Crippen LogP contribution in [0, 0.1) is 3.57 Å². The molecule has 0 aliphatic carbocycles. The highest BCUT2D eigenvalue weighted by Crippen LogP contribution is 2.21. The van der Waals surface area contributed by atoms with Gasteiger partial charge in [-0.3, -0.25) is 4.79 Å². The van der Waals surface area contributed by atoms with E-state index in [0.29, 0.717) is 9.13 Å². The van der Waals surface area contributed by atoms with Crippen LogP contribution in [-0.4, -0.2) is 12.4 Å². The lowest BCUT2D eigenvalue weighted by Gasteiger charge is -2.06. The molecule has 0 amide bonds. The maximum atomic E-state index is 11.8. The summed E-state index contributed by atoms with van der Waals surface area (Å²) in [6.45, 7) is -1.42. The maximum Gasteiger partial charge on any atom is 0.387 e. The van der Waals surface area contributed by atoms with Crippen molar-refractivity contribution >= 4 is 28.4 Å². The van der Waals surface area contributed by atoms with Crippen LogP contribution in [-0.2, 0) is 0 Å². The van der Waals surface area contributed by atoms with E-state index in [9.17, 15) is 13.6 Å². The van der Waals surface area contributed by atoms with E-state index in [-0.39, 0.29) is 11.5 Å². The topological polar surface area (TPSA) is 26.3 Å². The number of hydrogen-bond donors (Lipinski definition) is 0. The molecule has 0 bridgehead atoms. The molecular weight excluding hydrogens is 305 g/mol. The molecule has 1 aromatic carbocycles. The van der Waals surface area contributed by atoms with Gasteiger partial charge in [0, 0.05) is 9.13 Å². The largest absolute Gasteiger partial charge is 0.435 e. The van der Waals surface area contributed by atoms with Gasteiger partial charge in [0.25, 0.3) is 0 Å². The lowest BCUT2D eigenvalue weighted by Crippen LogP contribution is -2.03. The zero-order valence-electron chi connectivity index (χ0n) is 7.26. The van der Waals surface area contributed by atoms with Crippen LogP contribution in [0.3, 0.4) is 0 Å². The van der Waals surface area contributed by atoms with Gasteiger partial charge in [-0.2, -0.15) is 8.78 Å². The van der Waals surface area contributed by atoms with Crippen LogP contribution in [0.25, 0.3) is 0 Å². The molecule has 0 heterocycles. The fourth-order valence-electron chi connectivity index (χ4n) is 0.958. The number of alkyl halides is 2. The summed E-state index contributed by atoms with van der Waals surface area (Å²) in [5, 5.41) is 0. The summed E-state index contributed by atoms with van der Waals surface area (Å²) in [6, 6.07) is 4.23. The van der Waals surface area contributed by atoms with Crippen molar-refractivity contribution in [1.29, 1.82) is 0 Å². The minimum atomic E-state index is -2.84. The summed E-state index contributed by atoms with van der Waals surface area (Å²) in [4.78, 5) is 11.0. The number of carbonyl (C=O) groups excluding carboxylic acids is 1. The van der Waals surface area contributed by atoms with Crippen molar-refractivity contribution in [2.45, 2.75) is 13.5 Å². The second-order valence-electron chi connectivity index (χ2n) is 2.58. The molecule has 76 valence electrons. The van der Waals surface area contributed by atoms with Crippen molar-refractivity contribution < 1.29 is 18.3 Å². The summed E-state index contributed by atoms with van der Waals surface area (Å²) < 4.78 is 28.4. The Morgan fingerprint density at radius 3 is 2.57 bits per heavy atom. The van der Waals surface area contributed by atoms with Crippen molar-refractivity contribution in [1.82, 2.24) is 0 Å². The molecule has 0 saturated carbocycles. The van der Waals surface area contributed by atoms with Crippen LogP contribution >= 0.6 is 22.6 Å². The van der Waals surface area contributed by atoms with Crippen molar-refractivity contribution in [2.75, 3.05) is 0 Å². The van der Waals surface area contributed by atoms with E-state index in [1.54, 1.807) is 0 Å². The molecule has 0 aliphatic heterocycles. The normalized spacial score (nSPS) is 10.4. The molecule has 1 rings (SSSR count). The molecule has 0 N–H and O–H groups in total. The van der Waals surface area contributed by atoms with Crippen LogP contribution in [0.2, 0.25) is 0 Å². The minimum Gasteiger partial charge on any atom is -0.435 e. The lowest BCUT2D eigenvalue weighted by atomic mass is 10.1. The second-order valence-corrected chi connectivity index (χ2v) is 3.74. The van der Waals surface area contributed by atoms with E-state index in [0.717, 1.165) is 0 Å². The summed E-state index contributed by atoms with van der Waals surface area (Å²) in [5.74, 6) is -0.0348. The molecular formula is C9H7F2IO2. The van der Waals surface area contributed by atoms with Crippen LogP contribution in [0.1, 0.15) is 17.3 Å². The first kappa shape index (κ1) is 11.4. The Hall–Kier alpha value is -0.720. The van der Waals surface area contributed by atoms with Gasteiger partial charge in [0.1, 0.15) is 5.75 Å². The third-order valence-corrected chi connectivity index (χ3v) is 2.44. The highest BCUT2D eigenvalue weighted by Gasteiger charge is 2.09. The Labute approximate surface area is 93.4 Å². The minimum absolute atomic E-state index is 0.0643. The Morgan fingerprint density at radius 2 is 2.14 bits per heavy atom. The van der Waals surface area contributed by atoms with E-state index in [1.165, 1.54) is 25.1 Å². The average Bonchev–Trinajstić information content (AvgIpc) is 2.01. The molecule has 0 spiro atoms. The average molecular weight is 312 g/mol. The first-order valence-electron chi connectivity index (χ1n) is 3.76. The number of halogens is 3. The number of carbonyl (C=O) groups is 1. The van der Waals surface area contributed by atoms with Crippen LogP contribution in [0.5, 0.6) is 5.75 Å². The number of ether oxygens (including phenoxy) is 1. The molecule has 1 aromatic rings. The van der Waals surface area contributed by atoms with Gasteiger partial charge in [-0.25, -0.2) is 0 Å². The molecule has 0 aliphatic rings. The fraction of sp³-hybridized carbons (Fsp3) is 0.222. The summed E-state index contributed by atoms with van der Waals surface area (Å²) in [6.07, 6.45) is 0. The Balaban J connectivity index is 2.94. The number of ketones is 1. The van der Waals surface area contributed by atoms with E-state index >= 15 is 0 Å². The predicted molar refractivity (Wildman–Crippen MR) is 55.8 cm³/mol. The summed E-state index contributed by atoms with van der Waals surface area (Å²) in [5.41, 5.74) is 0.507. The number of benzene rings is 1. The smallest absolute Gasteiger partial charge is 0.387 e. The van der Waals surface area contributed by atoms with Gasteiger partial charge in [0.05, 0.1) is 0 Å². The molecule has 5 heteroatoms. The molecule has 0 aromatic heterocycles. The number of Topliss-reactive ketones (excluding diaryl/α,β-unsaturated/α-hetero) is 1. The van der Waals surface area contributed by atoms with Gasteiger partial charge >= 0.3 is 6.61 Å². The highest BCUT2D eigenvalue weighted by molar-refractivity contribution is 14.1. The van der Waals surface area contributed by atoms with Crippen molar-refractivity contribution in [2.24, 2.45) is 0 Å². The highest BCUT2D eigenvalue weighted by atomic mass is 127. The van der Waals surface area contributed by atoms with Crippen LogP contribution in [0.4, 0.5) is 8.78 Å². The number of hydrogen-bond acceptors (Lipinski definition) is 2. The molecule has 14 heavy (non-hydrogen) atoms. The van der Waals surface area contributed by atoms with Gasteiger partial charge in [0.2, 0.25) is 0 Å². The SMILES string of the molecule is CC(=O)c1ccc(OC(F)F)cc1I. The van der Waals surface area contributed by atoms with Crippen LogP contribution < -0.4 is 4.74 Å². The Kier molecular flexibility index (Phi) is 3.79. The molecule has 0 saturated heterocycles. The van der Waals surface area contributed by atoms with Gasteiger partial charge in [-0.1, -0.05) is 0 Å². The van der Waals surface area contributed by atoms with E-state index < -0.39 is 6.61 Å². The third-order valence-electron chi connectivity index (χ3n) is 1.55.